The third kappa shape index (κ3) is 4.30. The zero-order valence-corrected chi connectivity index (χ0v) is 17.5. The second kappa shape index (κ2) is 7.47. The van der Waals surface area contributed by atoms with Crippen molar-refractivity contribution in [2.75, 3.05) is 11.6 Å². The number of benzene rings is 1. The molecule has 0 bridgehead atoms. The average Bonchev–Trinajstić information content (AvgIpc) is 3.44. The van der Waals surface area contributed by atoms with Crippen molar-refractivity contribution in [3.05, 3.63) is 29.8 Å². The van der Waals surface area contributed by atoms with Gasteiger partial charge in [-0.1, -0.05) is 56.8 Å². The van der Waals surface area contributed by atoms with Crippen LogP contribution in [0.2, 0.25) is 0 Å². The monoisotopic (exact) mass is 398 g/mol. The van der Waals surface area contributed by atoms with E-state index in [1.165, 1.54) is 22.0 Å². The standard InChI is InChI=1S/C20H26N6OS/c1-19(2,3)14-7-5-13(6-8-14)17-24-25-18(26(17)22)28-11-16(27)23-20(4,12-21)15-9-10-15/h5-8,15H,9-11,22H2,1-4H3,(H,23,27). The van der Waals surface area contributed by atoms with Crippen LogP contribution in [0.25, 0.3) is 11.4 Å². The Balaban J connectivity index is 1.65. The first-order chi connectivity index (χ1) is 13.1. The van der Waals surface area contributed by atoms with Crippen molar-refractivity contribution >= 4 is 17.7 Å². The fourth-order valence-corrected chi connectivity index (χ4v) is 3.69. The van der Waals surface area contributed by atoms with Crippen molar-refractivity contribution in [2.45, 2.75) is 56.6 Å². The number of hydrogen-bond acceptors (Lipinski definition) is 6. The van der Waals surface area contributed by atoms with E-state index in [9.17, 15) is 10.1 Å². The number of carbonyl (C=O) groups excluding carboxylic acids is 1. The summed E-state index contributed by atoms with van der Waals surface area (Å²) >= 11 is 1.20. The van der Waals surface area contributed by atoms with Crippen LogP contribution in [-0.4, -0.2) is 32.1 Å². The number of amides is 1. The van der Waals surface area contributed by atoms with E-state index in [0.717, 1.165) is 18.4 Å². The maximum absolute atomic E-state index is 12.3. The van der Waals surface area contributed by atoms with Crippen LogP contribution in [0, 0.1) is 17.2 Å². The van der Waals surface area contributed by atoms with E-state index in [-0.39, 0.29) is 23.0 Å². The van der Waals surface area contributed by atoms with Gasteiger partial charge in [0.15, 0.2) is 5.82 Å². The number of thioether (sulfide) groups is 1. The van der Waals surface area contributed by atoms with Crippen LogP contribution in [0.3, 0.4) is 0 Å². The predicted octanol–water partition coefficient (Wildman–Crippen LogP) is 2.86. The number of nitrogens with one attached hydrogen (secondary N) is 1. The topological polar surface area (TPSA) is 110 Å². The molecule has 28 heavy (non-hydrogen) atoms. The average molecular weight is 399 g/mol. The highest BCUT2D eigenvalue weighted by Gasteiger charge is 2.43. The molecule has 1 atom stereocenters. The molecule has 1 unspecified atom stereocenters. The summed E-state index contributed by atoms with van der Waals surface area (Å²) in [7, 11) is 0. The molecule has 1 aromatic carbocycles. The number of nitrogens with two attached hydrogens (primary N) is 1. The highest BCUT2D eigenvalue weighted by atomic mass is 32.2. The molecule has 3 rings (SSSR count). The number of hydrogen-bond donors (Lipinski definition) is 2. The summed E-state index contributed by atoms with van der Waals surface area (Å²) in [5.41, 5.74) is 1.36. The number of nitriles is 1. The van der Waals surface area contributed by atoms with Gasteiger partial charge in [0.25, 0.3) is 0 Å². The Bertz CT molecular complexity index is 904. The van der Waals surface area contributed by atoms with Gasteiger partial charge < -0.3 is 11.2 Å². The Hall–Kier alpha value is -2.53. The molecule has 1 heterocycles. The van der Waals surface area contributed by atoms with Gasteiger partial charge in [-0.2, -0.15) is 5.26 Å². The summed E-state index contributed by atoms with van der Waals surface area (Å²) in [5.74, 6) is 6.85. The molecule has 1 aromatic heterocycles. The Morgan fingerprint density at radius 2 is 1.93 bits per heavy atom. The molecule has 2 aromatic rings. The second-order valence-corrected chi connectivity index (χ2v) is 9.37. The van der Waals surface area contributed by atoms with Crippen LogP contribution in [0.5, 0.6) is 0 Å². The van der Waals surface area contributed by atoms with Crippen molar-refractivity contribution < 1.29 is 4.79 Å². The molecular weight excluding hydrogens is 372 g/mol. The molecule has 8 heteroatoms. The first-order valence-corrected chi connectivity index (χ1v) is 10.3. The number of carbonyl (C=O) groups is 1. The lowest BCUT2D eigenvalue weighted by atomic mass is 9.87. The van der Waals surface area contributed by atoms with Gasteiger partial charge in [0.2, 0.25) is 11.1 Å². The minimum atomic E-state index is -0.798. The second-order valence-electron chi connectivity index (χ2n) is 8.43. The van der Waals surface area contributed by atoms with Gasteiger partial charge in [0.1, 0.15) is 5.54 Å². The zero-order valence-electron chi connectivity index (χ0n) is 16.7. The van der Waals surface area contributed by atoms with E-state index in [0.29, 0.717) is 11.0 Å². The SMILES string of the molecule is CC(C)(C)c1ccc(-c2nnc(SCC(=O)NC(C)(C#N)C3CC3)n2N)cc1. The summed E-state index contributed by atoms with van der Waals surface area (Å²) < 4.78 is 1.40. The fourth-order valence-electron chi connectivity index (χ4n) is 3.03. The molecule has 3 N–H and O–H groups in total. The van der Waals surface area contributed by atoms with E-state index in [2.05, 4.69) is 54.5 Å². The van der Waals surface area contributed by atoms with Gasteiger partial charge >= 0.3 is 0 Å². The Labute approximate surface area is 169 Å². The predicted molar refractivity (Wildman–Crippen MR) is 110 cm³/mol. The van der Waals surface area contributed by atoms with Crippen molar-refractivity contribution in [2.24, 2.45) is 5.92 Å². The summed E-state index contributed by atoms with van der Waals surface area (Å²) in [6, 6.07) is 10.3. The molecule has 0 aliphatic heterocycles. The Morgan fingerprint density at radius 3 is 2.46 bits per heavy atom. The largest absolute Gasteiger partial charge is 0.337 e. The summed E-state index contributed by atoms with van der Waals surface area (Å²) in [4.78, 5) is 12.3. The number of rotatable bonds is 6. The lowest BCUT2D eigenvalue weighted by molar-refractivity contribution is -0.119. The molecule has 0 saturated heterocycles. The molecule has 148 valence electrons. The third-order valence-corrected chi connectivity index (χ3v) is 5.97. The maximum atomic E-state index is 12.3. The molecule has 1 saturated carbocycles. The van der Waals surface area contributed by atoms with Crippen molar-refractivity contribution in [3.63, 3.8) is 0 Å². The molecule has 1 aliphatic rings. The minimum Gasteiger partial charge on any atom is -0.337 e. The zero-order chi connectivity index (χ0) is 20.5. The molecule has 1 fully saturated rings. The van der Waals surface area contributed by atoms with Crippen LogP contribution in [0.15, 0.2) is 29.4 Å². The van der Waals surface area contributed by atoms with Crippen LogP contribution in [0.1, 0.15) is 46.1 Å². The van der Waals surface area contributed by atoms with Gasteiger partial charge in [-0.3, -0.25) is 4.79 Å². The van der Waals surface area contributed by atoms with Crippen molar-refractivity contribution in [3.8, 4) is 17.5 Å². The van der Waals surface area contributed by atoms with Crippen molar-refractivity contribution in [1.29, 1.82) is 5.26 Å². The quantitative estimate of drug-likeness (QED) is 0.572. The van der Waals surface area contributed by atoms with E-state index in [1.54, 1.807) is 6.92 Å². The Kier molecular flexibility index (Phi) is 5.39. The summed E-state index contributed by atoms with van der Waals surface area (Å²) in [5, 5.41) is 20.9. The van der Waals surface area contributed by atoms with Crippen LogP contribution >= 0.6 is 11.8 Å². The van der Waals surface area contributed by atoms with Crippen LogP contribution in [0.4, 0.5) is 0 Å². The molecule has 0 radical (unpaired) electrons. The normalized spacial score (nSPS) is 16.2. The van der Waals surface area contributed by atoms with E-state index in [1.807, 2.05) is 12.1 Å². The smallest absolute Gasteiger partial charge is 0.231 e. The van der Waals surface area contributed by atoms with Gasteiger partial charge in [-0.15, -0.1) is 10.2 Å². The molecular formula is C20H26N6OS. The van der Waals surface area contributed by atoms with E-state index < -0.39 is 5.54 Å². The molecule has 1 aliphatic carbocycles. The van der Waals surface area contributed by atoms with Gasteiger partial charge in [0, 0.05) is 5.56 Å². The van der Waals surface area contributed by atoms with Gasteiger partial charge in [-0.25, -0.2) is 4.68 Å². The van der Waals surface area contributed by atoms with Gasteiger partial charge in [-0.05, 0) is 36.7 Å². The number of aromatic nitrogens is 3. The lowest BCUT2D eigenvalue weighted by Gasteiger charge is -2.22. The van der Waals surface area contributed by atoms with Crippen molar-refractivity contribution in [1.82, 2.24) is 20.2 Å². The number of nitrogen functional groups attached to an aromatic ring is 1. The first kappa shape index (κ1) is 20.2. The lowest BCUT2D eigenvalue weighted by Crippen LogP contribution is -2.47. The fraction of sp³-hybridized carbons (Fsp3) is 0.500. The van der Waals surface area contributed by atoms with E-state index >= 15 is 0 Å². The molecule has 1 amide bonds. The third-order valence-electron chi connectivity index (χ3n) is 5.03. The van der Waals surface area contributed by atoms with Gasteiger partial charge in [0.05, 0.1) is 11.8 Å². The minimum absolute atomic E-state index is 0.0711. The first-order valence-electron chi connectivity index (χ1n) is 9.30. The highest BCUT2D eigenvalue weighted by Crippen LogP contribution is 2.39. The molecule has 0 spiro atoms. The maximum Gasteiger partial charge on any atom is 0.231 e. The van der Waals surface area contributed by atoms with E-state index in [4.69, 9.17) is 5.84 Å². The highest BCUT2D eigenvalue weighted by molar-refractivity contribution is 7.99. The van der Waals surface area contributed by atoms with Crippen LogP contribution in [-0.2, 0) is 10.2 Å². The number of nitrogens with zero attached hydrogens (tertiary/aromatic N) is 4. The molecule has 7 nitrogen and oxygen atoms in total. The Morgan fingerprint density at radius 1 is 1.29 bits per heavy atom. The summed E-state index contributed by atoms with van der Waals surface area (Å²) in [6.07, 6.45) is 1.96. The summed E-state index contributed by atoms with van der Waals surface area (Å²) in [6.45, 7) is 8.26. The van der Waals surface area contributed by atoms with Crippen LogP contribution < -0.4 is 11.2 Å².